The van der Waals surface area contributed by atoms with Crippen molar-refractivity contribution in [3.63, 3.8) is 0 Å². The van der Waals surface area contributed by atoms with E-state index in [9.17, 15) is 0 Å². The van der Waals surface area contributed by atoms with Gasteiger partial charge in [-0.05, 0) is 12.1 Å². The Morgan fingerprint density at radius 1 is 1.21 bits per heavy atom. The fourth-order valence-corrected chi connectivity index (χ4v) is 2.04. The fraction of sp³-hybridized carbons (Fsp3) is 0.0667. The van der Waals surface area contributed by atoms with E-state index >= 15 is 0 Å². The molecule has 0 aliphatic rings. The summed E-state index contributed by atoms with van der Waals surface area (Å²) in [5, 5.41) is 5.23. The molecule has 0 aliphatic heterocycles. The molecule has 2 heterocycles. The Morgan fingerprint density at radius 2 is 2.05 bits per heavy atom. The molecule has 0 aliphatic carbocycles. The van der Waals surface area contributed by atoms with Gasteiger partial charge in [0.1, 0.15) is 12.8 Å². The molecule has 0 bridgehead atoms. The first-order chi connectivity index (χ1) is 9.38. The van der Waals surface area contributed by atoms with Crippen molar-refractivity contribution in [2.45, 2.75) is 0 Å². The Balaban J connectivity index is 2.13. The number of benzene rings is 1. The minimum absolute atomic E-state index is 0.777. The molecular weight excluding hydrogens is 238 g/mol. The van der Waals surface area contributed by atoms with Crippen LogP contribution in [0.3, 0.4) is 0 Å². The van der Waals surface area contributed by atoms with Gasteiger partial charge in [-0.2, -0.15) is 0 Å². The highest BCUT2D eigenvalue weighted by molar-refractivity contribution is 6.13. The van der Waals surface area contributed by atoms with Crippen molar-refractivity contribution in [2.24, 2.45) is 5.16 Å². The molecule has 4 heteroatoms. The van der Waals surface area contributed by atoms with Crippen LogP contribution < -0.4 is 0 Å². The summed E-state index contributed by atoms with van der Waals surface area (Å²) >= 11 is 0. The van der Waals surface area contributed by atoms with Crippen LogP contribution in [0.1, 0.15) is 11.3 Å². The summed E-state index contributed by atoms with van der Waals surface area (Å²) in [6, 6.07) is 13.9. The van der Waals surface area contributed by atoms with Crippen molar-refractivity contribution in [3.8, 4) is 0 Å². The molecule has 1 N–H and O–H groups in total. The quantitative estimate of drug-likeness (QED) is 0.574. The average Bonchev–Trinajstić information content (AvgIpc) is 2.89. The molecule has 19 heavy (non-hydrogen) atoms. The third kappa shape index (κ3) is 2.20. The summed E-state index contributed by atoms with van der Waals surface area (Å²) < 4.78 is 0. The summed E-state index contributed by atoms with van der Waals surface area (Å²) in [4.78, 5) is 12.4. The highest BCUT2D eigenvalue weighted by atomic mass is 16.6. The van der Waals surface area contributed by atoms with Gasteiger partial charge in [0.25, 0.3) is 0 Å². The predicted octanol–water partition coefficient (Wildman–Crippen LogP) is 2.96. The number of nitrogens with one attached hydrogen (secondary N) is 1. The van der Waals surface area contributed by atoms with Crippen LogP contribution in [-0.2, 0) is 4.84 Å². The van der Waals surface area contributed by atoms with Gasteiger partial charge in [0.2, 0.25) is 0 Å². The first kappa shape index (κ1) is 11.5. The summed E-state index contributed by atoms with van der Waals surface area (Å²) in [7, 11) is 1.55. The van der Waals surface area contributed by atoms with Crippen molar-refractivity contribution >= 4 is 16.6 Å². The van der Waals surface area contributed by atoms with Crippen LogP contribution in [-0.4, -0.2) is 22.8 Å². The second kappa shape index (κ2) is 4.94. The summed E-state index contributed by atoms with van der Waals surface area (Å²) in [6.45, 7) is 0. The third-order valence-electron chi connectivity index (χ3n) is 2.91. The molecule has 0 radical (unpaired) electrons. The third-order valence-corrected chi connectivity index (χ3v) is 2.91. The normalized spacial score (nSPS) is 11.7. The van der Waals surface area contributed by atoms with E-state index in [4.69, 9.17) is 4.84 Å². The molecule has 3 rings (SSSR count). The van der Waals surface area contributed by atoms with Gasteiger partial charge in [-0.25, -0.2) is 0 Å². The van der Waals surface area contributed by atoms with Crippen LogP contribution in [0.5, 0.6) is 0 Å². The second-order valence-electron chi connectivity index (χ2n) is 4.13. The fourth-order valence-electron chi connectivity index (χ4n) is 2.04. The van der Waals surface area contributed by atoms with Gasteiger partial charge in [-0.1, -0.05) is 35.5 Å². The summed E-state index contributed by atoms with van der Waals surface area (Å²) in [5.74, 6) is 0. The minimum Gasteiger partial charge on any atom is -0.399 e. The highest BCUT2D eigenvalue weighted by Crippen LogP contribution is 2.17. The van der Waals surface area contributed by atoms with E-state index in [1.807, 2.05) is 42.5 Å². The van der Waals surface area contributed by atoms with Crippen LogP contribution >= 0.6 is 0 Å². The highest BCUT2D eigenvalue weighted by Gasteiger charge is 2.10. The number of aromatic amines is 1. The first-order valence-corrected chi connectivity index (χ1v) is 5.98. The van der Waals surface area contributed by atoms with Crippen LogP contribution in [0.15, 0.2) is 60.0 Å². The van der Waals surface area contributed by atoms with Gasteiger partial charge in [-0.15, -0.1) is 0 Å². The summed E-state index contributed by atoms with van der Waals surface area (Å²) in [6.07, 6.45) is 3.57. The molecule has 0 fully saturated rings. The molecule has 3 aromatic rings. The monoisotopic (exact) mass is 251 g/mol. The van der Waals surface area contributed by atoms with Gasteiger partial charge in [0.05, 0.1) is 17.4 Å². The van der Waals surface area contributed by atoms with E-state index in [1.54, 1.807) is 19.5 Å². The number of H-pyrrole nitrogens is 1. The standard InChI is InChI=1S/C15H13N3O/c1-19-18-15(11-5-3-2-4-6-11)13-9-12-7-8-16-10-14(12)17-13/h2-10,17H,1H3. The molecule has 94 valence electrons. The van der Waals surface area contributed by atoms with Crippen molar-refractivity contribution in [3.05, 3.63) is 66.1 Å². The number of oxime groups is 1. The predicted molar refractivity (Wildman–Crippen MR) is 75.2 cm³/mol. The molecule has 0 saturated carbocycles. The number of fused-ring (bicyclic) bond motifs is 1. The van der Waals surface area contributed by atoms with E-state index in [-0.39, 0.29) is 0 Å². The second-order valence-corrected chi connectivity index (χ2v) is 4.13. The van der Waals surface area contributed by atoms with Gasteiger partial charge in [-0.3, -0.25) is 4.98 Å². The lowest BCUT2D eigenvalue weighted by Crippen LogP contribution is -2.04. The van der Waals surface area contributed by atoms with Crippen LogP contribution in [0, 0.1) is 0 Å². The van der Waals surface area contributed by atoms with Crippen LogP contribution in [0.2, 0.25) is 0 Å². The lowest BCUT2D eigenvalue weighted by atomic mass is 10.1. The van der Waals surface area contributed by atoms with Crippen molar-refractivity contribution in [2.75, 3.05) is 7.11 Å². The Kier molecular flexibility index (Phi) is 2.98. The lowest BCUT2D eigenvalue weighted by Gasteiger charge is -2.03. The van der Waals surface area contributed by atoms with E-state index in [1.165, 1.54) is 0 Å². The van der Waals surface area contributed by atoms with Gasteiger partial charge >= 0.3 is 0 Å². The van der Waals surface area contributed by atoms with Gasteiger partial charge in [0.15, 0.2) is 0 Å². The first-order valence-electron chi connectivity index (χ1n) is 5.98. The maximum absolute atomic E-state index is 4.96. The largest absolute Gasteiger partial charge is 0.399 e. The van der Waals surface area contributed by atoms with Crippen molar-refractivity contribution in [1.82, 2.24) is 9.97 Å². The minimum atomic E-state index is 0.777. The van der Waals surface area contributed by atoms with E-state index in [0.29, 0.717) is 0 Å². The number of aromatic nitrogens is 2. The maximum atomic E-state index is 4.96. The molecule has 4 nitrogen and oxygen atoms in total. The molecule has 1 aromatic carbocycles. The zero-order valence-corrected chi connectivity index (χ0v) is 10.5. The Morgan fingerprint density at radius 3 is 2.79 bits per heavy atom. The number of hydrogen-bond acceptors (Lipinski definition) is 3. The van der Waals surface area contributed by atoms with Crippen molar-refractivity contribution < 1.29 is 4.84 Å². The van der Waals surface area contributed by atoms with E-state index < -0.39 is 0 Å². The molecule has 0 saturated heterocycles. The van der Waals surface area contributed by atoms with Crippen molar-refractivity contribution in [1.29, 1.82) is 0 Å². The van der Waals surface area contributed by atoms with Gasteiger partial charge in [0, 0.05) is 17.1 Å². The number of pyridine rings is 1. The average molecular weight is 251 g/mol. The molecule has 0 unspecified atom stereocenters. The zero-order chi connectivity index (χ0) is 13.1. The van der Waals surface area contributed by atoms with Gasteiger partial charge < -0.3 is 9.82 Å². The smallest absolute Gasteiger partial charge is 0.133 e. The summed E-state index contributed by atoms with van der Waals surface area (Å²) in [5.41, 5.74) is 3.68. The molecule has 0 spiro atoms. The number of rotatable bonds is 3. The lowest BCUT2D eigenvalue weighted by molar-refractivity contribution is 0.214. The molecule has 0 amide bonds. The SMILES string of the molecule is CON=C(c1ccccc1)c1cc2ccncc2[nH]1. The molecular formula is C15H13N3O. The number of hydrogen-bond donors (Lipinski definition) is 1. The number of nitrogens with zero attached hydrogens (tertiary/aromatic N) is 2. The van der Waals surface area contributed by atoms with E-state index in [0.717, 1.165) is 27.9 Å². The Labute approximate surface area is 110 Å². The molecule has 2 aromatic heterocycles. The molecule has 0 atom stereocenters. The zero-order valence-electron chi connectivity index (χ0n) is 10.5. The Hall–Kier alpha value is -2.62. The maximum Gasteiger partial charge on any atom is 0.133 e. The Bertz CT molecular complexity index is 683. The van der Waals surface area contributed by atoms with E-state index in [2.05, 4.69) is 15.1 Å². The topological polar surface area (TPSA) is 50.3 Å². The van der Waals surface area contributed by atoms with Crippen LogP contribution in [0.4, 0.5) is 0 Å². The van der Waals surface area contributed by atoms with Crippen LogP contribution in [0.25, 0.3) is 10.9 Å².